The molecule has 2 rings (SSSR count). The van der Waals surface area contributed by atoms with Gasteiger partial charge in [0, 0.05) is 5.39 Å². The third kappa shape index (κ3) is 1.02. The van der Waals surface area contributed by atoms with Crippen LogP contribution >= 0.6 is 22.9 Å². The zero-order valence-electron chi connectivity index (χ0n) is 5.91. The number of hydrogen-bond acceptors (Lipinski definition) is 3. The summed E-state index contributed by atoms with van der Waals surface area (Å²) in [6.45, 7) is 0. The summed E-state index contributed by atoms with van der Waals surface area (Å²) < 4.78 is 0.625. The lowest BCUT2D eigenvalue weighted by Gasteiger charge is -1.95. The van der Waals surface area contributed by atoms with Gasteiger partial charge < -0.3 is 10.2 Å². The Morgan fingerprint density at radius 1 is 1.25 bits per heavy atom. The fourth-order valence-corrected chi connectivity index (χ4v) is 2.11. The van der Waals surface area contributed by atoms with Crippen molar-refractivity contribution in [3.05, 3.63) is 23.2 Å². The lowest BCUT2D eigenvalue weighted by atomic mass is 10.2. The molecule has 12 heavy (non-hydrogen) atoms. The minimum atomic E-state index is 0.0412. The minimum Gasteiger partial charge on any atom is -0.505 e. The summed E-state index contributed by atoms with van der Waals surface area (Å²) >= 11 is 6.79. The van der Waals surface area contributed by atoms with Crippen molar-refractivity contribution in [2.24, 2.45) is 0 Å². The van der Waals surface area contributed by atoms with E-state index in [0.29, 0.717) is 9.72 Å². The topological polar surface area (TPSA) is 40.5 Å². The molecule has 2 aromatic rings. The van der Waals surface area contributed by atoms with Crippen LogP contribution in [0, 0.1) is 0 Å². The van der Waals surface area contributed by atoms with Gasteiger partial charge in [-0.25, -0.2) is 0 Å². The number of aromatic hydroxyl groups is 2. The lowest BCUT2D eigenvalue weighted by molar-refractivity contribution is 0.482. The van der Waals surface area contributed by atoms with Crippen molar-refractivity contribution >= 4 is 33.0 Å². The summed E-state index contributed by atoms with van der Waals surface area (Å²) in [7, 11) is 0. The Morgan fingerprint density at radius 2 is 2.00 bits per heavy atom. The molecule has 62 valence electrons. The Labute approximate surface area is 77.6 Å². The summed E-state index contributed by atoms with van der Waals surface area (Å²) in [5.41, 5.74) is 0. The van der Waals surface area contributed by atoms with Gasteiger partial charge in [0.25, 0.3) is 0 Å². The summed E-state index contributed by atoms with van der Waals surface area (Å²) in [5, 5.41) is 19.9. The van der Waals surface area contributed by atoms with Crippen LogP contribution in [0.5, 0.6) is 10.8 Å². The molecule has 0 fully saturated rings. The second-order valence-electron chi connectivity index (χ2n) is 2.40. The number of benzene rings is 1. The summed E-state index contributed by atoms with van der Waals surface area (Å²) in [6.07, 6.45) is 0. The molecule has 1 heterocycles. The van der Waals surface area contributed by atoms with Gasteiger partial charge in [-0.15, -0.1) is 0 Å². The highest BCUT2D eigenvalue weighted by Crippen LogP contribution is 2.40. The van der Waals surface area contributed by atoms with Crippen molar-refractivity contribution in [3.8, 4) is 10.8 Å². The Balaban J connectivity index is 2.89. The molecule has 0 unspecified atom stereocenters. The molecule has 0 saturated carbocycles. The maximum Gasteiger partial charge on any atom is 0.172 e. The molecular weight excluding hydrogens is 196 g/mol. The quantitative estimate of drug-likeness (QED) is 0.687. The van der Waals surface area contributed by atoms with E-state index >= 15 is 0 Å². The minimum absolute atomic E-state index is 0.0412. The van der Waals surface area contributed by atoms with Crippen LogP contribution in [0.4, 0.5) is 0 Å². The van der Waals surface area contributed by atoms with Crippen molar-refractivity contribution in [1.29, 1.82) is 0 Å². The average Bonchev–Trinajstić information content (AvgIpc) is 2.39. The van der Waals surface area contributed by atoms with Gasteiger partial charge >= 0.3 is 0 Å². The summed E-state index contributed by atoms with van der Waals surface area (Å²) in [4.78, 5) is 0. The zero-order valence-corrected chi connectivity index (χ0v) is 7.49. The second-order valence-corrected chi connectivity index (χ2v) is 3.84. The normalized spacial score (nSPS) is 10.8. The molecule has 2 nitrogen and oxygen atoms in total. The van der Waals surface area contributed by atoms with Gasteiger partial charge in [-0.05, 0) is 12.1 Å². The Hall–Kier alpha value is -0.930. The van der Waals surface area contributed by atoms with Crippen molar-refractivity contribution in [2.45, 2.75) is 0 Å². The van der Waals surface area contributed by atoms with Crippen molar-refractivity contribution in [3.63, 3.8) is 0 Å². The molecule has 0 aliphatic heterocycles. The van der Waals surface area contributed by atoms with E-state index in [0.717, 1.165) is 16.7 Å². The smallest absolute Gasteiger partial charge is 0.172 e. The molecule has 0 amide bonds. The molecule has 0 atom stereocenters. The molecule has 1 aromatic heterocycles. The van der Waals surface area contributed by atoms with Crippen LogP contribution in [0.25, 0.3) is 10.1 Å². The number of thiophene rings is 1. The molecule has 0 aliphatic rings. The number of phenolic OH excluding ortho intramolecular Hbond substituents is 1. The molecule has 1 aromatic carbocycles. The molecule has 2 N–H and O–H groups in total. The molecule has 4 heteroatoms. The number of hydrogen-bond donors (Lipinski definition) is 2. The monoisotopic (exact) mass is 200 g/mol. The SMILES string of the molecule is Oc1cc2ccc(Cl)c(O)c2s1. The van der Waals surface area contributed by atoms with Crippen molar-refractivity contribution in [1.82, 2.24) is 0 Å². The van der Waals surface area contributed by atoms with Gasteiger partial charge in [0.15, 0.2) is 10.8 Å². The van der Waals surface area contributed by atoms with Crippen LogP contribution in [0.15, 0.2) is 18.2 Å². The van der Waals surface area contributed by atoms with E-state index in [1.165, 1.54) is 0 Å². The fraction of sp³-hybridized carbons (Fsp3) is 0. The maximum absolute atomic E-state index is 9.44. The second kappa shape index (κ2) is 2.54. The van der Waals surface area contributed by atoms with Crippen LogP contribution < -0.4 is 0 Å². The Kier molecular flexibility index (Phi) is 1.63. The first-order chi connectivity index (χ1) is 5.68. The highest BCUT2D eigenvalue weighted by atomic mass is 35.5. The number of halogens is 1. The van der Waals surface area contributed by atoms with E-state index < -0.39 is 0 Å². The first-order valence-corrected chi connectivity index (χ1v) is 4.48. The van der Waals surface area contributed by atoms with Crippen LogP contribution in [0.1, 0.15) is 0 Å². The molecule has 0 spiro atoms. The molecule has 0 radical (unpaired) electrons. The third-order valence-electron chi connectivity index (χ3n) is 1.60. The molecule has 0 aliphatic carbocycles. The predicted octanol–water partition coefficient (Wildman–Crippen LogP) is 2.97. The fourth-order valence-electron chi connectivity index (χ4n) is 1.05. The lowest BCUT2D eigenvalue weighted by Crippen LogP contribution is -1.67. The first kappa shape index (κ1) is 7.71. The van der Waals surface area contributed by atoms with Gasteiger partial charge in [-0.3, -0.25) is 0 Å². The van der Waals surface area contributed by atoms with Gasteiger partial charge in [0.2, 0.25) is 0 Å². The molecule has 0 bridgehead atoms. The first-order valence-electron chi connectivity index (χ1n) is 3.28. The van der Waals surface area contributed by atoms with E-state index in [9.17, 15) is 5.11 Å². The Morgan fingerprint density at radius 3 is 2.75 bits per heavy atom. The highest BCUT2D eigenvalue weighted by molar-refractivity contribution is 7.21. The number of phenols is 1. The van der Waals surface area contributed by atoms with E-state index in [2.05, 4.69) is 0 Å². The van der Waals surface area contributed by atoms with E-state index in [1.54, 1.807) is 18.2 Å². The Bertz CT molecular complexity index is 436. The van der Waals surface area contributed by atoms with Crippen LogP contribution in [-0.2, 0) is 0 Å². The molecule has 0 saturated heterocycles. The average molecular weight is 201 g/mol. The van der Waals surface area contributed by atoms with Crippen molar-refractivity contribution < 1.29 is 10.2 Å². The van der Waals surface area contributed by atoms with Crippen LogP contribution in [0.2, 0.25) is 5.02 Å². The summed E-state index contributed by atoms with van der Waals surface area (Å²) in [6, 6.07) is 4.95. The number of rotatable bonds is 0. The van der Waals surface area contributed by atoms with Crippen LogP contribution in [0.3, 0.4) is 0 Å². The number of fused-ring (bicyclic) bond motifs is 1. The highest BCUT2D eigenvalue weighted by Gasteiger charge is 2.07. The zero-order chi connectivity index (χ0) is 8.72. The van der Waals surface area contributed by atoms with Crippen LogP contribution in [-0.4, -0.2) is 10.2 Å². The van der Waals surface area contributed by atoms with Gasteiger partial charge in [-0.1, -0.05) is 29.0 Å². The van der Waals surface area contributed by atoms with E-state index in [-0.39, 0.29) is 10.8 Å². The van der Waals surface area contributed by atoms with E-state index in [4.69, 9.17) is 16.7 Å². The molecular formula is C8H5ClO2S. The maximum atomic E-state index is 9.44. The summed E-state index contributed by atoms with van der Waals surface area (Å²) in [5.74, 6) is 0.0412. The standard InChI is InChI=1S/C8H5ClO2S/c9-5-2-1-4-3-6(10)12-8(4)7(5)11/h1-3,10-11H. The predicted molar refractivity (Wildman–Crippen MR) is 50.2 cm³/mol. The largest absolute Gasteiger partial charge is 0.505 e. The van der Waals surface area contributed by atoms with E-state index in [1.807, 2.05) is 0 Å². The van der Waals surface area contributed by atoms with Crippen molar-refractivity contribution in [2.75, 3.05) is 0 Å². The van der Waals surface area contributed by atoms with Gasteiger partial charge in [0.05, 0.1) is 9.72 Å². The van der Waals surface area contributed by atoms with Gasteiger partial charge in [0.1, 0.15) is 0 Å². The van der Waals surface area contributed by atoms with Gasteiger partial charge in [-0.2, -0.15) is 0 Å². The third-order valence-corrected chi connectivity index (χ3v) is 2.86.